The van der Waals surface area contributed by atoms with Crippen LogP contribution >= 0.6 is 15.9 Å². The van der Waals surface area contributed by atoms with Gasteiger partial charge in [-0.05, 0) is 50.8 Å². The lowest BCUT2D eigenvalue weighted by atomic mass is 10.1. The molecule has 0 amide bonds. The largest absolute Gasteiger partial charge is 0.229 e. The maximum Gasteiger partial charge on any atom is 0.152 e. The summed E-state index contributed by atoms with van der Waals surface area (Å²) in [5.41, 5.74) is 1.37. The fraction of sp³-hybridized carbons (Fsp3) is 0.625. The van der Waals surface area contributed by atoms with Crippen molar-refractivity contribution in [2.75, 3.05) is 5.75 Å². The van der Waals surface area contributed by atoms with Gasteiger partial charge < -0.3 is 0 Å². The molecule has 0 aliphatic heterocycles. The van der Waals surface area contributed by atoms with Crippen molar-refractivity contribution in [1.29, 1.82) is 0 Å². The van der Waals surface area contributed by atoms with Gasteiger partial charge in [0.25, 0.3) is 0 Å². The molecule has 0 aromatic heterocycles. The second-order valence-electron chi connectivity index (χ2n) is 5.56. The highest BCUT2D eigenvalue weighted by atomic mass is 79.9. The molecular weight excluding hydrogens is 336 g/mol. The summed E-state index contributed by atoms with van der Waals surface area (Å²) >= 11 is 3.43. The molecule has 0 fully saturated rings. The molecule has 20 heavy (non-hydrogen) atoms. The zero-order valence-electron chi connectivity index (χ0n) is 12.4. The van der Waals surface area contributed by atoms with Crippen LogP contribution in [0, 0.1) is 0 Å². The van der Waals surface area contributed by atoms with Crippen molar-refractivity contribution in [1.82, 2.24) is 0 Å². The average Bonchev–Trinajstić information content (AvgIpc) is 2.39. The molecule has 4 heteroatoms. The van der Waals surface area contributed by atoms with Crippen LogP contribution in [-0.4, -0.2) is 19.4 Å². The van der Waals surface area contributed by atoms with Gasteiger partial charge in [0.2, 0.25) is 0 Å². The fourth-order valence-corrected chi connectivity index (χ4v) is 3.39. The Morgan fingerprint density at radius 1 is 0.950 bits per heavy atom. The average molecular weight is 361 g/mol. The van der Waals surface area contributed by atoms with E-state index >= 15 is 0 Å². The van der Waals surface area contributed by atoms with E-state index in [9.17, 15) is 8.42 Å². The first-order valence-electron chi connectivity index (χ1n) is 7.38. The lowest BCUT2D eigenvalue weighted by Crippen LogP contribution is -2.17. The maximum absolute atomic E-state index is 11.6. The minimum atomic E-state index is -2.84. The number of unbranched alkanes of at least 4 members (excludes halogenated alkanes) is 4. The molecular formula is C16H25BrO2S. The number of hydrogen-bond donors (Lipinski definition) is 0. The Bertz CT molecular complexity index is 478. The molecule has 0 atom stereocenters. The van der Waals surface area contributed by atoms with Gasteiger partial charge in [0.15, 0.2) is 9.84 Å². The van der Waals surface area contributed by atoms with Gasteiger partial charge in [-0.1, -0.05) is 47.3 Å². The Balaban J connectivity index is 2.07. The summed E-state index contributed by atoms with van der Waals surface area (Å²) in [5.74, 6) is 0.345. The van der Waals surface area contributed by atoms with Crippen LogP contribution in [0.2, 0.25) is 0 Å². The second kappa shape index (κ2) is 8.83. The number of benzene rings is 1. The van der Waals surface area contributed by atoms with Gasteiger partial charge >= 0.3 is 0 Å². The number of aryl methyl sites for hydroxylation is 1. The third-order valence-electron chi connectivity index (χ3n) is 3.53. The van der Waals surface area contributed by atoms with Gasteiger partial charge in [-0.3, -0.25) is 0 Å². The quantitative estimate of drug-likeness (QED) is 0.594. The Morgan fingerprint density at radius 2 is 1.50 bits per heavy atom. The van der Waals surface area contributed by atoms with Crippen LogP contribution in [0.5, 0.6) is 0 Å². The molecule has 0 heterocycles. The molecule has 0 saturated carbocycles. The molecule has 0 N–H and O–H groups in total. The van der Waals surface area contributed by atoms with Crippen LogP contribution in [-0.2, 0) is 16.3 Å². The van der Waals surface area contributed by atoms with E-state index in [0.717, 1.165) is 30.2 Å². The van der Waals surface area contributed by atoms with Crippen molar-refractivity contribution in [3.63, 3.8) is 0 Å². The molecule has 0 saturated heterocycles. The molecule has 2 nitrogen and oxygen atoms in total. The second-order valence-corrected chi connectivity index (χ2v) is 9.15. The zero-order chi connectivity index (χ0) is 15.0. The monoisotopic (exact) mass is 360 g/mol. The fourth-order valence-electron chi connectivity index (χ4n) is 2.05. The summed E-state index contributed by atoms with van der Waals surface area (Å²) < 4.78 is 24.4. The highest BCUT2D eigenvalue weighted by molar-refractivity contribution is 9.10. The molecule has 0 unspecified atom stereocenters. The summed E-state index contributed by atoms with van der Waals surface area (Å²) in [4.78, 5) is 0. The number of sulfone groups is 1. The highest BCUT2D eigenvalue weighted by Gasteiger charge is 2.14. The van der Waals surface area contributed by atoms with Crippen LogP contribution in [0.15, 0.2) is 28.7 Å². The smallest absolute Gasteiger partial charge is 0.152 e. The van der Waals surface area contributed by atoms with Gasteiger partial charge in [0, 0.05) is 4.47 Å². The van der Waals surface area contributed by atoms with Crippen molar-refractivity contribution in [3.8, 4) is 0 Å². The van der Waals surface area contributed by atoms with Crippen LogP contribution in [0.25, 0.3) is 0 Å². The molecule has 1 aromatic rings. The molecule has 114 valence electrons. The predicted molar refractivity (Wildman–Crippen MR) is 89.9 cm³/mol. The SMILES string of the molecule is CC(C)S(=O)(=O)CCCCCCCc1ccc(Br)cc1. The van der Waals surface area contributed by atoms with Gasteiger partial charge in [0.05, 0.1) is 11.0 Å². The molecule has 0 spiro atoms. The standard InChI is InChI=1S/C16H25BrO2S/c1-14(2)20(18,19)13-7-5-3-4-6-8-15-9-11-16(17)12-10-15/h9-12,14H,3-8,13H2,1-2H3. The Kier molecular flexibility index (Phi) is 7.82. The number of rotatable bonds is 9. The van der Waals surface area contributed by atoms with E-state index < -0.39 is 9.84 Å². The first kappa shape index (κ1) is 17.7. The maximum atomic E-state index is 11.6. The van der Waals surface area contributed by atoms with E-state index in [4.69, 9.17) is 0 Å². The Morgan fingerprint density at radius 3 is 2.10 bits per heavy atom. The Hall–Kier alpha value is -0.350. The number of halogens is 1. The predicted octanol–water partition coefficient (Wildman–Crippen LogP) is 4.77. The van der Waals surface area contributed by atoms with Gasteiger partial charge in [-0.2, -0.15) is 0 Å². The minimum Gasteiger partial charge on any atom is -0.229 e. The lowest BCUT2D eigenvalue weighted by molar-refractivity contribution is 0.577. The first-order valence-corrected chi connectivity index (χ1v) is 9.88. The molecule has 1 aromatic carbocycles. The number of hydrogen-bond acceptors (Lipinski definition) is 2. The van der Waals surface area contributed by atoms with Gasteiger partial charge in [-0.25, -0.2) is 8.42 Å². The van der Waals surface area contributed by atoms with Crippen molar-refractivity contribution >= 4 is 25.8 Å². The Labute approximate surface area is 132 Å². The molecule has 0 aliphatic rings. The topological polar surface area (TPSA) is 34.1 Å². The minimum absolute atomic E-state index is 0.236. The van der Waals surface area contributed by atoms with Crippen LogP contribution in [0.4, 0.5) is 0 Å². The summed E-state index contributed by atoms with van der Waals surface area (Å²) in [6.07, 6.45) is 6.42. The van der Waals surface area contributed by atoms with Crippen molar-refractivity contribution in [3.05, 3.63) is 34.3 Å². The third kappa shape index (κ3) is 6.89. The molecule has 0 radical (unpaired) electrons. The van der Waals surface area contributed by atoms with Crippen LogP contribution in [0.1, 0.15) is 51.5 Å². The molecule has 0 aliphatic carbocycles. The highest BCUT2D eigenvalue weighted by Crippen LogP contribution is 2.14. The summed E-state index contributed by atoms with van der Waals surface area (Å²) in [7, 11) is -2.84. The summed E-state index contributed by atoms with van der Waals surface area (Å²) in [6.45, 7) is 3.51. The lowest BCUT2D eigenvalue weighted by Gasteiger charge is -2.07. The molecule has 1 rings (SSSR count). The van der Waals surface area contributed by atoms with E-state index in [-0.39, 0.29) is 5.25 Å². The normalized spacial score (nSPS) is 12.0. The third-order valence-corrected chi connectivity index (χ3v) is 6.35. The van der Waals surface area contributed by atoms with E-state index in [1.54, 1.807) is 13.8 Å². The van der Waals surface area contributed by atoms with Crippen LogP contribution in [0.3, 0.4) is 0 Å². The van der Waals surface area contributed by atoms with Gasteiger partial charge in [-0.15, -0.1) is 0 Å². The van der Waals surface area contributed by atoms with Crippen molar-refractivity contribution in [2.45, 2.75) is 57.6 Å². The van der Waals surface area contributed by atoms with E-state index in [1.165, 1.54) is 18.4 Å². The van der Waals surface area contributed by atoms with Crippen molar-refractivity contribution < 1.29 is 8.42 Å². The van der Waals surface area contributed by atoms with E-state index in [2.05, 4.69) is 40.2 Å². The van der Waals surface area contributed by atoms with Crippen molar-refractivity contribution in [2.24, 2.45) is 0 Å². The summed E-state index contributed by atoms with van der Waals surface area (Å²) in [5, 5.41) is -0.236. The molecule has 0 bridgehead atoms. The van der Waals surface area contributed by atoms with Gasteiger partial charge in [0.1, 0.15) is 0 Å². The first-order chi connectivity index (χ1) is 9.42. The van der Waals surface area contributed by atoms with E-state index in [0.29, 0.717) is 5.75 Å². The summed E-state index contributed by atoms with van der Waals surface area (Å²) in [6, 6.07) is 8.46. The van der Waals surface area contributed by atoms with Crippen LogP contribution < -0.4 is 0 Å². The zero-order valence-corrected chi connectivity index (χ0v) is 14.8. The van der Waals surface area contributed by atoms with E-state index in [1.807, 2.05) is 0 Å².